The first kappa shape index (κ1) is 15.3. The summed E-state index contributed by atoms with van der Waals surface area (Å²) in [5, 5.41) is 0.321. The topological polar surface area (TPSA) is 72.2 Å². The molecule has 102 valence electrons. The van der Waals surface area contributed by atoms with Gasteiger partial charge in [-0.1, -0.05) is 31.9 Å². The standard InChI is InChI=1S/C12H19ClN2O2S/c1-4-8(2)7-15-18(16,17)12-6-10(13)5-11(14)9(12)3/h5-6,8,15H,4,7,14H2,1-3H3. The predicted molar refractivity (Wildman–Crippen MR) is 75.2 cm³/mol. The zero-order valence-electron chi connectivity index (χ0n) is 10.8. The Morgan fingerprint density at radius 2 is 2.06 bits per heavy atom. The third-order valence-electron chi connectivity index (χ3n) is 2.97. The highest BCUT2D eigenvalue weighted by atomic mass is 35.5. The molecule has 18 heavy (non-hydrogen) atoms. The van der Waals surface area contributed by atoms with Crippen molar-refractivity contribution < 1.29 is 8.42 Å². The van der Waals surface area contributed by atoms with Gasteiger partial charge in [0, 0.05) is 17.3 Å². The third kappa shape index (κ3) is 3.60. The molecular formula is C12H19ClN2O2S. The van der Waals surface area contributed by atoms with Gasteiger partial charge in [0.25, 0.3) is 0 Å². The number of sulfonamides is 1. The predicted octanol–water partition coefficient (Wildman–Crippen LogP) is 2.56. The number of hydrogen-bond acceptors (Lipinski definition) is 3. The van der Waals surface area contributed by atoms with Gasteiger partial charge in [-0.15, -0.1) is 0 Å². The second-order valence-electron chi connectivity index (χ2n) is 4.48. The lowest BCUT2D eigenvalue weighted by Crippen LogP contribution is -2.29. The van der Waals surface area contributed by atoms with Crippen molar-refractivity contribution in [3.63, 3.8) is 0 Å². The highest BCUT2D eigenvalue weighted by Gasteiger charge is 2.19. The van der Waals surface area contributed by atoms with Crippen LogP contribution in [0.15, 0.2) is 17.0 Å². The van der Waals surface area contributed by atoms with Crippen molar-refractivity contribution in [1.29, 1.82) is 0 Å². The molecule has 0 amide bonds. The van der Waals surface area contributed by atoms with Crippen molar-refractivity contribution >= 4 is 27.3 Å². The molecule has 0 aliphatic carbocycles. The fraction of sp³-hybridized carbons (Fsp3) is 0.500. The van der Waals surface area contributed by atoms with E-state index in [2.05, 4.69) is 4.72 Å². The van der Waals surface area contributed by atoms with E-state index in [9.17, 15) is 8.42 Å². The normalized spacial score (nSPS) is 13.6. The number of benzene rings is 1. The summed E-state index contributed by atoms with van der Waals surface area (Å²) in [7, 11) is -3.56. The Balaban J connectivity index is 3.05. The van der Waals surface area contributed by atoms with Gasteiger partial charge in [-0.3, -0.25) is 0 Å². The summed E-state index contributed by atoms with van der Waals surface area (Å²) in [4.78, 5) is 0.149. The van der Waals surface area contributed by atoms with Crippen LogP contribution in [0.3, 0.4) is 0 Å². The van der Waals surface area contributed by atoms with E-state index in [4.69, 9.17) is 17.3 Å². The summed E-state index contributed by atoms with van der Waals surface area (Å²) in [5.41, 5.74) is 6.63. The minimum Gasteiger partial charge on any atom is -0.398 e. The summed E-state index contributed by atoms with van der Waals surface area (Å²) in [6.45, 7) is 6.08. The largest absolute Gasteiger partial charge is 0.398 e. The van der Waals surface area contributed by atoms with Gasteiger partial charge in [0.1, 0.15) is 0 Å². The Bertz CT molecular complexity index is 529. The molecule has 0 saturated carbocycles. The maximum atomic E-state index is 12.2. The van der Waals surface area contributed by atoms with Crippen LogP contribution in [0.2, 0.25) is 5.02 Å². The van der Waals surface area contributed by atoms with Crippen molar-refractivity contribution in [1.82, 2.24) is 4.72 Å². The number of hydrogen-bond donors (Lipinski definition) is 2. The molecule has 1 rings (SSSR count). The lowest BCUT2D eigenvalue weighted by atomic mass is 10.1. The van der Waals surface area contributed by atoms with E-state index in [1.807, 2.05) is 13.8 Å². The summed E-state index contributed by atoms with van der Waals surface area (Å²) in [6, 6.07) is 2.97. The summed E-state index contributed by atoms with van der Waals surface area (Å²) < 4.78 is 26.9. The van der Waals surface area contributed by atoms with Gasteiger partial charge >= 0.3 is 0 Å². The molecule has 0 bridgehead atoms. The molecule has 0 aliphatic heterocycles. The molecule has 6 heteroatoms. The van der Waals surface area contributed by atoms with Crippen molar-refractivity contribution in [2.24, 2.45) is 5.92 Å². The van der Waals surface area contributed by atoms with Crippen LogP contribution < -0.4 is 10.5 Å². The highest BCUT2D eigenvalue weighted by molar-refractivity contribution is 7.89. The lowest BCUT2D eigenvalue weighted by Gasteiger charge is -2.14. The van der Waals surface area contributed by atoms with Crippen LogP contribution in [0, 0.1) is 12.8 Å². The molecular weight excluding hydrogens is 272 g/mol. The van der Waals surface area contributed by atoms with Crippen LogP contribution in [0.4, 0.5) is 5.69 Å². The molecule has 4 nitrogen and oxygen atoms in total. The zero-order chi connectivity index (χ0) is 13.9. The second-order valence-corrected chi connectivity index (χ2v) is 6.66. The van der Waals surface area contributed by atoms with E-state index in [0.717, 1.165) is 6.42 Å². The molecule has 0 fully saturated rings. The fourth-order valence-electron chi connectivity index (χ4n) is 1.43. The van der Waals surface area contributed by atoms with Gasteiger partial charge in [-0.2, -0.15) is 0 Å². The third-order valence-corrected chi connectivity index (χ3v) is 4.74. The molecule has 0 spiro atoms. The van der Waals surface area contributed by atoms with E-state index >= 15 is 0 Å². The van der Waals surface area contributed by atoms with Gasteiger partial charge < -0.3 is 5.73 Å². The number of nitrogen functional groups attached to an aromatic ring is 1. The van der Waals surface area contributed by atoms with Crippen molar-refractivity contribution in [3.05, 3.63) is 22.7 Å². The van der Waals surface area contributed by atoms with Crippen LogP contribution in [0.1, 0.15) is 25.8 Å². The molecule has 1 aromatic carbocycles. The molecule has 3 N–H and O–H groups in total. The van der Waals surface area contributed by atoms with Crippen molar-refractivity contribution in [2.75, 3.05) is 12.3 Å². The molecule has 0 heterocycles. The smallest absolute Gasteiger partial charge is 0.240 e. The van der Waals surface area contributed by atoms with Gasteiger partial charge in [0.05, 0.1) is 4.90 Å². The molecule has 0 aliphatic rings. The van der Waals surface area contributed by atoms with Gasteiger partial charge in [0.2, 0.25) is 10.0 Å². The Morgan fingerprint density at radius 3 is 2.61 bits per heavy atom. The Kier molecular flexibility index (Phi) is 5.01. The molecule has 0 saturated heterocycles. The minimum absolute atomic E-state index is 0.149. The van der Waals surface area contributed by atoms with Crippen LogP contribution in [-0.2, 0) is 10.0 Å². The maximum absolute atomic E-state index is 12.2. The average Bonchev–Trinajstić information content (AvgIpc) is 2.30. The maximum Gasteiger partial charge on any atom is 0.240 e. The van der Waals surface area contributed by atoms with Crippen LogP contribution in [0.25, 0.3) is 0 Å². The van der Waals surface area contributed by atoms with Crippen LogP contribution >= 0.6 is 11.6 Å². The van der Waals surface area contributed by atoms with E-state index in [1.54, 1.807) is 13.0 Å². The summed E-state index contributed by atoms with van der Waals surface area (Å²) in [5.74, 6) is 0.289. The van der Waals surface area contributed by atoms with Gasteiger partial charge in [-0.25, -0.2) is 13.1 Å². The molecule has 1 unspecified atom stereocenters. The highest BCUT2D eigenvalue weighted by Crippen LogP contribution is 2.25. The molecule has 1 aromatic rings. The number of nitrogens with one attached hydrogen (secondary N) is 1. The van der Waals surface area contributed by atoms with E-state index in [0.29, 0.717) is 22.8 Å². The first-order valence-electron chi connectivity index (χ1n) is 5.83. The van der Waals surface area contributed by atoms with E-state index in [1.165, 1.54) is 6.07 Å². The van der Waals surface area contributed by atoms with E-state index in [-0.39, 0.29) is 10.8 Å². The lowest BCUT2D eigenvalue weighted by molar-refractivity contribution is 0.528. The summed E-state index contributed by atoms with van der Waals surface area (Å²) in [6.07, 6.45) is 0.916. The van der Waals surface area contributed by atoms with Gasteiger partial charge in [0.15, 0.2) is 0 Å². The Hall–Kier alpha value is -0.780. The average molecular weight is 291 g/mol. The first-order chi connectivity index (χ1) is 8.27. The first-order valence-corrected chi connectivity index (χ1v) is 7.69. The molecule has 0 radical (unpaired) electrons. The quantitative estimate of drug-likeness (QED) is 0.819. The SMILES string of the molecule is CCC(C)CNS(=O)(=O)c1cc(Cl)cc(N)c1C. The number of halogens is 1. The van der Waals surface area contributed by atoms with Crippen molar-refractivity contribution in [2.45, 2.75) is 32.1 Å². The Labute approximate surface area is 114 Å². The number of nitrogens with two attached hydrogens (primary N) is 1. The van der Waals surface area contributed by atoms with Gasteiger partial charge in [-0.05, 0) is 30.5 Å². The number of rotatable bonds is 5. The zero-order valence-corrected chi connectivity index (χ0v) is 12.4. The number of anilines is 1. The molecule has 0 aromatic heterocycles. The Morgan fingerprint density at radius 1 is 1.44 bits per heavy atom. The second kappa shape index (κ2) is 5.91. The monoisotopic (exact) mass is 290 g/mol. The fourth-order valence-corrected chi connectivity index (χ4v) is 3.18. The van der Waals surface area contributed by atoms with Crippen LogP contribution in [0.5, 0.6) is 0 Å². The molecule has 1 atom stereocenters. The van der Waals surface area contributed by atoms with E-state index < -0.39 is 10.0 Å². The summed E-state index contributed by atoms with van der Waals surface area (Å²) >= 11 is 5.85. The van der Waals surface area contributed by atoms with Crippen molar-refractivity contribution in [3.8, 4) is 0 Å². The minimum atomic E-state index is -3.56. The van der Waals surface area contributed by atoms with Crippen LogP contribution in [-0.4, -0.2) is 15.0 Å².